The first-order valence-electron chi connectivity index (χ1n) is 9.95. The van der Waals surface area contributed by atoms with E-state index in [9.17, 15) is 4.79 Å². The minimum absolute atomic E-state index is 0.187. The SMILES string of the molecule is O=C(N[C@@H](Cc1ccccc1)c1nc2ccccc2[nH]1)c1ccc2c(c1)OCCO2. The van der Waals surface area contributed by atoms with E-state index < -0.39 is 0 Å². The number of aromatic nitrogens is 2. The molecule has 1 aromatic heterocycles. The second-order valence-corrected chi connectivity index (χ2v) is 7.21. The van der Waals surface area contributed by atoms with Gasteiger partial charge in [0.05, 0.1) is 17.1 Å². The summed E-state index contributed by atoms with van der Waals surface area (Å²) in [6, 6.07) is 22.9. The predicted octanol–water partition coefficient (Wildman–Crippen LogP) is 4.05. The Morgan fingerprint density at radius 3 is 2.57 bits per heavy atom. The maximum absolute atomic E-state index is 13.1. The second kappa shape index (κ2) is 7.91. The van der Waals surface area contributed by atoms with E-state index in [0.717, 1.165) is 22.4 Å². The summed E-state index contributed by atoms with van der Waals surface area (Å²) >= 11 is 0. The zero-order valence-corrected chi connectivity index (χ0v) is 16.3. The zero-order valence-electron chi connectivity index (χ0n) is 16.3. The molecule has 0 saturated carbocycles. The molecular weight excluding hydrogens is 378 g/mol. The van der Waals surface area contributed by atoms with Crippen molar-refractivity contribution in [3.05, 3.63) is 89.7 Å². The molecule has 1 aliphatic rings. The Morgan fingerprint density at radius 1 is 0.967 bits per heavy atom. The normalized spacial score (nSPS) is 13.7. The van der Waals surface area contributed by atoms with Crippen molar-refractivity contribution in [3.63, 3.8) is 0 Å². The fraction of sp³-hybridized carbons (Fsp3) is 0.167. The minimum Gasteiger partial charge on any atom is -0.486 e. The van der Waals surface area contributed by atoms with Crippen molar-refractivity contribution in [2.24, 2.45) is 0 Å². The van der Waals surface area contributed by atoms with Crippen molar-refractivity contribution in [3.8, 4) is 11.5 Å². The van der Waals surface area contributed by atoms with Gasteiger partial charge in [0.15, 0.2) is 11.5 Å². The summed E-state index contributed by atoms with van der Waals surface area (Å²) in [6.07, 6.45) is 0.622. The van der Waals surface area contributed by atoms with Gasteiger partial charge in [0.25, 0.3) is 5.91 Å². The van der Waals surface area contributed by atoms with Gasteiger partial charge in [-0.2, -0.15) is 0 Å². The molecule has 0 radical (unpaired) electrons. The lowest BCUT2D eigenvalue weighted by atomic mass is 10.0. The molecule has 2 N–H and O–H groups in total. The van der Waals surface area contributed by atoms with Crippen LogP contribution >= 0.6 is 0 Å². The molecule has 0 spiro atoms. The molecule has 0 bridgehead atoms. The standard InChI is InChI=1S/C24H21N3O3/c28-24(17-10-11-21-22(15-17)30-13-12-29-21)27-20(14-16-6-2-1-3-7-16)23-25-18-8-4-5-9-19(18)26-23/h1-11,15,20H,12-14H2,(H,25,26)(H,27,28)/t20-/m0/s1. The van der Waals surface area contributed by atoms with Gasteiger partial charge < -0.3 is 19.8 Å². The predicted molar refractivity (Wildman–Crippen MR) is 114 cm³/mol. The average Bonchev–Trinajstić information content (AvgIpc) is 3.23. The summed E-state index contributed by atoms with van der Waals surface area (Å²) in [5, 5.41) is 3.14. The van der Waals surface area contributed by atoms with E-state index in [2.05, 4.69) is 10.3 Å². The van der Waals surface area contributed by atoms with Gasteiger partial charge in [-0.05, 0) is 42.3 Å². The lowest BCUT2D eigenvalue weighted by Gasteiger charge is -2.20. The molecule has 1 atom stereocenters. The molecule has 0 unspecified atom stereocenters. The number of nitrogens with zero attached hydrogens (tertiary/aromatic N) is 1. The van der Waals surface area contributed by atoms with Crippen molar-refractivity contribution in [2.75, 3.05) is 13.2 Å². The molecule has 150 valence electrons. The highest BCUT2D eigenvalue weighted by Crippen LogP contribution is 2.31. The first kappa shape index (κ1) is 18.2. The Labute approximate surface area is 173 Å². The molecule has 5 rings (SSSR count). The highest BCUT2D eigenvalue weighted by Gasteiger charge is 2.21. The highest BCUT2D eigenvalue weighted by atomic mass is 16.6. The summed E-state index contributed by atoms with van der Waals surface area (Å²) in [5.74, 6) is 1.80. The number of benzene rings is 3. The van der Waals surface area contributed by atoms with Gasteiger partial charge in [0.2, 0.25) is 0 Å². The molecule has 0 fully saturated rings. The number of fused-ring (bicyclic) bond motifs is 2. The first-order valence-corrected chi connectivity index (χ1v) is 9.95. The number of carbonyl (C=O) groups is 1. The van der Waals surface area contributed by atoms with Crippen LogP contribution in [0.15, 0.2) is 72.8 Å². The molecule has 4 aromatic rings. The van der Waals surface area contributed by atoms with Gasteiger partial charge in [-0.15, -0.1) is 0 Å². The summed E-state index contributed by atoms with van der Waals surface area (Å²) in [7, 11) is 0. The van der Waals surface area contributed by atoms with Gasteiger partial charge in [-0.1, -0.05) is 42.5 Å². The Hall–Kier alpha value is -3.80. The number of aromatic amines is 1. The monoisotopic (exact) mass is 399 g/mol. The Kier molecular flexibility index (Phi) is 4.81. The fourth-order valence-electron chi connectivity index (χ4n) is 3.63. The Morgan fingerprint density at radius 2 is 1.73 bits per heavy atom. The molecular formula is C24H21N3O3. The molecule has 0 aliphatic carbocycles. The zero-order chi connectivity index (χ0) is 20.3. The van der Waals surface area contributed by atoms with Crippen molar-refractivity contribution in [1.29, 1.82) is 0 Å². The number of amides is 1. The second-order valence-electron chi connectivity index (χ2n) is 7.21. The fourth-order valence-corrected chi connectivity index (χ4v) is 3.63. The average molecular weight is 399 g/mol. The van der Waals surface area contributed by atoms with Crippen LogP contribution in [0.25, 0.3) is 11.0 Å². The van der Waals surface area contributed by atoms with E-state index in [1.54, 1.807) is 18.2 Å². The van der Waals surface area contributed by atoms with Crippen LogP contribution in [0.3, 0.4) is 0 Å². The van der Waals surface area contributed by atoms with Crippen LogP contribution in [-0.4, -0.2) is 29.1 Å². The minimum atomic E-state index is -0.305. The van der Waals surface area contributed by atoms with E-state index in [4.69, 9.17) is 14.5 Å². The molecule has 30 heavy (non-hydrogen) atoms. The van der Waals surface area contributed by atoms with Crippen LogP contribution in [0.2, 0.25) is 0 Å². The number of imidazole rings is 1. The summed E-state index contributed by atoms with van der Waals surface area (Å²) in [4.78, 5) is 21.1. The quantitative estimate of drug-likeness (QED) is 0.531. The third-order valence-electron chi connectivity index (χ3n) is 5.13. The number of rotatable bonds is 5. The first-order chi connectivity index (χ1) is 14.8. The number of nitrogens with one attached hydrogen (secondary N) is 2. The molecule has 0 saturated heterocycles. The van der Waals surface area contributed by atoms with E-state index in [-0.39, 0.29) is 11.9 Å². The van der Waals surface area contributed by atoms with Crippen molar-refractivity contribution in [2.45, 2.75) is 12.5 Å². The highest BCUT2D eigenvalue weighted by molar-refractivity contribution is 5.95. The van der Waals surface area contributed by atoms with Gasteiger partial charge >= 0.3 is 0 Å². The van der Waals surface area contributed by atoms with Gasteiger partial charge in [0, 0.05) is 5.56 Å². The smallest absolute Gasteiger partial charge is 0.252 e. The molecule has 1 amide bonds. The van der Waals surface area contributed by atoms with Crippen molar-refractivity contribution < 1.29 is 14.3 Å². The molecule has 6 heteroatoms. The Balaban J connectivity index is 1.44. The number of para-hydroxylation sites is 2. The van der Waals surface area contributed by atoms with Gasteiger partial charge in [-0.25, -0.2) is 4.98 Å². The van der Waals surface area contributed by atoms with Gasteiger partial charge in [-0.3, -0.25) is 4.79 Å². The summed E-state index contributed by atoms with van der Waals surface area (Å²) in [6.45, 7) is 0.997. The van der Waals surface area contributed by atoms with Crippen molar-refractivity contribution in [1.82, 2.24) is 15.3 Å². The van der Waals surface area contributed by atoms with Crippen LogP contribution in [0.5, 0.6) is 11.5 Å². The topological polar surface area (TPSA) is 76.2 Å². The van der Waals surface area contributed by atoms with E-state index in [0.29, 0.717) is 36.7 Å². The largest absolute Gasteiger partial charge is 0.486 e. The van der Waals surface area contributed by atoms with Crippen molar-refractivity contribution >= 4 is 16.9 Å². The van der Waals surface area contributed by atoms with Crippen LogP contribution in [-0.2, 0) is 6.42 Å². The number of hydrogen-bond donors (Lipinski definition) is 2. The molecule has 3 aromatic carbocycles. The summed E-state index contributed by atoms with van der Waals surface area (Å²) in [5.41, 5.74) is 3.46. The van der Waals surface area contributed by atoms with Crippen LogP contribution in [0.4, 0.5) is 0 Å². The number of hydrogen-bond acceptors (Lipinski definition) is 4. The van der Waals surface area contributed by atoms with Gasteiger partial charge in [0.1, 0.15) is 19.0 Å². The molecule has 6 nitrogen and oxygen atoms in total. The number of carbonyl (C=O) groups excluding carboxylic acids is 1. The van der Waals surface area contributed by atoms with Crippen LogP contribution in [0, 0.1) is 0 Å². The number of H-pyrrole nitrogens is 1. The lowest BCUT2D eigenvalue weighted by Crippen LogP contribution is -2.31. The third kappa shape index (κ3) is 3.72. The Bertz CT molecular complexity index is 1150. The number of ether oxygens (including phenoxy) is 2. The lowest BCUT2D eigenvalue weighted by molar-refractivity contribution is 0.0933. The molecule has 1 aliphatic heterocycles. The third-order valence-corrected chi connectivity index (χ3v) is 5.13. The molecule has 2 heterocycles. The maximum Gasteiger partial charge on any atom is 0.252 e. The van der Waals surface area contributed by atoms with E-state index in [1.165, 1.54) is 0 Å². The van der Waals surface area contributed by atoms with E-state index >= 15 is 0 Å². The van der Waals surface area contributed by atoms with Crippen LogP contribution < -0.4 is 14.8 Å². The van der Waals surface area contributed by atoms with E-state index in [1.807, 2.05) is 54.6 Å². The summed E-state index contributed by atoms with van der Waals surface area (Å²) < 4.78 is 11.2. The van der Waals surface area contributed by atoms with Crippen LogP contribution in [0.1, 0.15) is 27.8 Å². The maximum atomic E-state index is 13.1.